The summed E-state index contributed by atoms with van der Waals surface area (Å²) in [5.74, 6) is 0.938. The highest BCUT2D eigenvalue weighted by Gasteiger charge is 2.20. The molecule has 0 spiro atoms. The van der Waals surface area contributed by atoms with E-state index in [1.54, 1.807) is 0 Å². The number of hydrogen-bond donors (Lipinski definition) is 0. The van der Waals surface area contributed by atoms with Crippen LogP contribution in [0, 0.1) is 0 Å². The lowest BCUT2D eigenvalue weighted by Gasteiger charge is -2.20. The number of fused-ring (bicyclic) bond motifs is 5. The van der Waals surface area contributed by atoms with E-state index < -0.39 is 0 Å². The van der Waals surface area contributed by atoms with Crippen LogP contribution in [0.15, 0.2) is 188 Å². The molecule has 1 heterocycles. The molecule has 9 aromatic carbocycles. The maximum Gasteiger partial charge on any atom is 0.145 e. The molecular formula is C53H36N2. The first-order chi connectivity index (χ1) is 27.3. The van der Waals surface area contributed by atoms with Crippen molar-refractivity contribution in [2.45, 2.75) is 12.8 Å². The molecule has 0 radical (unpaired) electrons. The van der Waals surface area contributed by atoms with Crippen molar-refractivity contribution < 1.29 is 0 Å². The first-order valence-electron chi connectivity index (χ1n) is 19.2. The van der Waals surface area contributed by atoms with Gasteiger partial charge < -0.3 is 0 Å². The van der Waals surface area contributed by atoms with Gasteiger partial charge in [-0.25, -0.2) is 4.98 Å². The summed E-state index contributed by atoms with van der Waals surface area (Å²) < 4.78 is 2.26. The Bertz CT molecular complexity index is 3130. The van der Waals surface area contributed by atoms with Crippen molar-refractivity contribution in [3.8, 4) is 50.5 Å². The minimum atomic E-state index is 0.938. The number of aromatic nitrogens is 2. The number of para-hydroxylation sites is 3. The Kier molecular flexibility index (Phi) is 7.34. The quantitative estimate of drug-likeness (QED) is 0.163. The van der Waals surface area contributed by atoms with Gasteiger partial charge in [-0.2, -0.15) is 0 Å². The highest BCUT2D eigenvalue weighted by Crippen LogP contribution is 2.46. The Morgan fingerprint density at radius 3 is 1.93 bits per heavy atom. The first-order valence-corrected chi connectivity index (χ1v) is 19.2. The van der Waals surface area contributed by atoms with Gasteiger partial charge in [0.25, 0.3) is 0 Å². The maximum absolute atomic E-state index is 5.12. The van der Waals surface area contributed by atoms with Crippen molar-refractivity contribution in [3.05, 3.63) is 199 Å². The Hall–Kier alpha value is -7.03. The van der Waals surface area contributed by atoms with E-state index in [-0.39, 0.29) is 0 Å². The van der Waals surface area contributed by atoms with Crippen LogP contribution in [0.1, 0.15) is 17.5 Å². The molecule has 55 heavy (non-hydrogen) atoms. The second-order valence-corrected chi connectivity index (χ2v) is 14.6. The minimum Gasteiger partial charge on any atom is -0.292 e. The molecule has 2 nitrogen and oxygen atoms in total. The molecule has 1 aromatic heterocycles. The van der Waals surface area contributed by atoms with Gasteiger partial charge in [0.1, 0.15) is 5.82 Å². The van der Waals surface area contributed by atoms with Crippen LogP contribution in [0.4, 0.5) is 0 Å². The summed E-state index contributed by atoms with van der Waals surface area (Å²) in [4.78, 5) is 5.12. The standard InChI is InChI=1S/C53H36N2/c1-2-16-44(17-3-1)55-50-21-11-10-20-49(50)54-53(55)38-26-22-37(23-27-38)41-30-31-47-48(34-41)52(43-29-25-36-13-5-7-15-40(36)33-43)46-19-9-8-18-45(46)51(47)42-28-24-35-12-4-6-14-39(35)32-42/h1-6,8-14,16-34H,7,15H2. The summed E-state index contributed by atoms with van der Waals surface area (Å²) in [5.41, 5.74) is 14.5. The highest BCUT2D eigenvalue weighted by molar-refractivity contribution is 6.22. The molecule has 0 saturated carbocycles. The number of allylic oxidation sites excluding steroid dienone is 1. The molecular weight excluding hydrogens is 665 g/mol. The average molecular weight is 701 g/mol. The van der Waals surface area contributed by atoms with Gasteiger partial charge in [-0.15, -0.1) is 0 Å². The van der Waals surface area contributed by atoms with Gasteiger partial charge in [0.15, 0.2) is 0 Å². The molecule has 258 valence electrons. The zero-order chi connectivity index (χ0) is 36.3. The average Bonchev–Trinajstić information content (AvgIpc) is 3.65. The van der Waals surface area contributed by atoms with Crippen molar-refractivity contribution in [1.82, 2.24) is 9.55 Å². The van der Waals surface area contributed by atoms with E-state index in [9.17, 15) is 0 Å². The molecule has 0 amide bonds. The number of benzene rings is 9. The van der Waals surface area contributed by atoms with Crippen molar-refractivity contribution >= 4 is 49.4 Å². The summed E-state index contributed by atoms with van der Waals surface area (Å²) in [6.07, 6.45) is 6.72. The lowest BCUT2D eigenvalue weighted by Crippen LogP contribution is -1.97. The number of hydrogen-bond acceptors (Lipinski definition) is 1. The highest BCUT2D eigenvalue weighted by atomic mass is 15.1. The van der Waals surface area contributed by atoms with Crippen molar-refractivity contribution in [3.63, 3.8) is 0 Å². The molecule has 0 aliphatic heterocycles. The molecule has 0 bridgehead atoms. The molecule has 10 aromatic rings. The molecule has 2 heteroatoms. The van der Waals surface area contributed by atoms with E-state index in [1.807, 2.05) is 0 Å². The monoisotopic (exact) mass is 700 g/mol. The Morgan fingerprint density at radius 1 is 0.436 bits per heavy atom. The van der Waals surface area contributed by atoms with Crippen LogP contribution in [0.2, 0.25) is 0 Å². The van der Waals surface area contributed by atoms with Crippen LogP contribution in [0.3, 0.4) is 0 Å². The lowest BCUT2D eigenvalue weighted by molar-refractivity contribution is 0.986. The van der Waals surface area contributed by atoms with Crippen LogP contribution in [0.5, 0.6) is 0 Å². The normalized spacial score (nSPS) is 12.5. The van der Waals surface area contributed by atoms with E-state index in [0.717, 1.165) is 41.0 Å². The third-order valence-electron chi connectivity index (χ3n) is 11.4. The second-order valence-electron chi connectivity index (χ2n) is 14.6. The molecule has 0 unspecified atom stereocenters. The summed E-state index contributed by atoms with van der Waals surface area (Å²) in [6.45, 7) is 0. The van der Waals surface area contributed by atoms with E-state index in [4.69, 9.17) is 4.98 Å². The molecule has 1 aliphatic carbocycles. The zero-order valence-electron chi connectivity index (χ0n) is 30.3. The fraction of sp³-hybridized carbons (Fsp3) is 0.0377. The number of rotatable bonds is 5. The predicted molar refractivity (Wildman–Crippen MR) is 233 cm³/mol. The van der Waals surface area contributed by atoms with Gasteiger partial charge in [-0.1, -0.05) is 158 Å². The van der Waals surface area contributed by atoms with E-state index >= 15 is 0 Å². The fourth-order valence-corrected chi connectivity index (χ4v) is 8.78. The Balaban J connectivity index is 1.12. The van der Waals surface area contributed by atoms with E-state index in [1.165, 1.54) is 76.8 Å². The van der Waals surface area contributed by atoms with Gasteiger partial charge in [0.2, 0.25) is 0 Å². The second kappa shape index (κ2) is 12.8. The largest absolute Gasteiger partial charge is 0.292 e. The van der Waals surface area contributed by atoms with Crippen LogP contribution in [-0.4, -0.2) is 9.55 Å². The maximum atomic E-state index is 5.12. The summed E-state index contributed by atoms with van der Waals surface area (Å²) in [6, 6.07) is 66.6. The SMILES string of the molecule is C1=Cc2ccc(-c3c4ccccc4c(-c4ccc5ccccc5c4)c4ccc(-c5ccc(-c6nc7ccccc7n6-c6ccccc6)cc5)cc34)cc2CC1. The van der Waals surface area contributed by atoms with Crippen molar-refractivity contribution in [2.75, 3.05) is 0 Å². The molecule has 0 atom stereocenters. The Morgan fingerprint density at radius 2 is 1.07 bits per heavy atom. The fourth-order valence-electron chi connectivity index (χ4n) is 8.78. The molecule has 0 fully saturated rings. The summed E-state index contributed by atoms with van der Waals surface area (Å²) in [5, 5.41) is 7.58. The number of aryl methyl sites for hydroxylation is 1. The van der Waals surface area contributed by atoms with E-state index in [2.05, 4.69) is 199 Å². The number of imidazole rings is 1. The molecule has 11 rings (SSSR count). The molecule has 0 saturated heterocycles. The smallest absolute Gasteiger partial charge is 0.145 e. The summed E-state index contributed by atoms with van der Waals surface area (Å²) >= 11 is 0. The van der Waals surface area contributed by atoms with Crippen LogP contribution in [-0.2, 0) is 6.42 Å². The van der Waals surface area contributed by atoms with Crippen molar-refractivity contribution in [1.29, 1.82) is 0 Å². The van der Waals surface area contributed by atoms with Crippen LogP contribution in [0.25, 0.3) is 99.9 Å². The third-order valence-corrected chi connectivity index (χ3v) is 11.4. The van der Waals surface area contributed by atoms with Gasteiger partial charge in [-0.05, 0) is 126 Å². The predicted octanol–water partition coefficient (Wildman–Crippen LogP) is 14.1. The van der Waals surface area contributed by atoms with E-state index in [0.29, 0.717) is 0 Å². The van der Waals surface area contributed by atoms with Crippen molar-refractivity contribution in [2.24, 2.45) is 0 Å². The lowest BCUT2D eigenvalue weighted by atomic mass is 9.83. The Labute approximate surface area is 320 Å². The minimum absolute atomic E-state index is 0.938. The zero-order valence-corrected chi connectivity index (χ0v) is 30.3. The summed E-state index contributed by atoms with van der Waals surface area (Å²) in [7, 11) is 0. The topological polar surface area (TPSA) is 17.8 Å². The van der Waals surface area contributed by atoms with Gasteiger partial charge in [-0.3, -0.25) is 4.57 Å². The molecule has 0 N–H and O–H groups in total. The van der Waals surface area contributed by atoms with Crippen LogP contribution < -0.4 is 0 Å². The van der Waals surface area contributed by atoms with Gasteiger partial charge in [0.05, 0.1) is 11.0 Å². The first kappa shape index (κ1) is 31.5. The number of nitrogens with zero attached hydrogens (tertiary/aromatic N) is 2. The van der Waals surface area contributed by atoms with Crippen LogP contribution >= 0.6 is 0 Å². The van der Waals surface area contributed by atoms with Gasteiger partial charge in [0, 0.05) is 11.3 Å². The third kappa shape index (κ3) is 5.29. The van der Waals surface area contributed by atoms with Gasteiger partial charge >= 0.3 is 0 Å². The molecule has 1 aliphatic rings.